The van der Waals surface area contributed by atoms with Crippen molar-refractivity contribution in [1.29, 1.82) is 0 Å². The molecule has 14 heteroatoms. The number of amides is 2. The van der Waals surface area contributed by atoms with Crippen molar-refractivity contribution in [2.75, 3.05) is 11.9 Å². The molecule has 4 atom stereocenters. The summed E-state index contributed by atoms with van der Waals surface area (Å²) in [5, 5.41) is 14.8. The van der Waals surface area contributed by atoms with E-state index in [2.05, 4.69) is 20.6 Å². The first kappa shape index (κ1) is 29.1. The van der Waals surface area contributed by atoms with Crippen LogP contribution in [0.5, 0.6) is 0 Å². The summed E-state index contributed by atoms with van der Waals surface area (Å²) in [5.41, 5.74) is -1.03. The van der Waals surface area contributed by atoms with Gasteiger partial charge in [-0.25, -0.2) is 18.7 Å². The van der Waals surface area contributed by atoms with Crippen molar-refractivity contribution in [2.24, 2.45) is 0 Å². The molecule has 2 aliphatic rings. The van der Waals surface area contributed by atoms with Crippen LogP contribution in [0.25, 0.3) is 10.4 Å². The molecule has 214 valence electrons. The zero-order valence-electron chi connectivity index (χ0n) is 21.4. The molecule has 0 unspecified atom stereocenters. The van der Waals surface area contributed by atoms with Crippen LogP contribution in [0.4, 0.5) is 27.8 Å². The molecule has 1 aliphatic carbocycles. The van der Waals surface area contributed by atoms with E-state index in [1.165, 1.54) is 6.92 Å². The fourth-order valence-electron chi connectivity index (χ4n) is 4.97. The van der Waals surface area contributed by atoms with Crippen molar-refractivity contribution in [3.8, 4) is 10.4 Å². The number of carbonyl (C=O) groups is 2. The number of halogens is 5. The molecule has 0 spiro atoms. The Balaban J connectivity index is 1.74. The van der Waals surface area contributed by atoms with Gasteiger partial charge in [0.05, 0.1) is 17.0 Å². The first-order chi connectivity index (χ1) is 18.4. The van der Waals surface area contributed by atoms with Crippen LogP contribution < -0.4 is 10.6 Å². The molecule has 4 rings (SSSR count). The quantitative estimate of drug-likeness (QED) is 0.376. The highest BCUT2D eigenvalue weighted by atomic mass is 32.1. The van der Waals surface area contributed by atoms with E-state index in [0.29, 0.717) is 19.4 Å². The molecule has 8 nitrogen and oxygen atoms in total. The lowest BCUT2D eigenvalue weighted by Crippen LogP contribution is -2.40. The zero-order valence-corrected chi connectivity index (χ0v) is 22.2. The van der Waals surface area contributed by atoms with Crippen molar-refractivity contribution in [3.63, 3.8) is 0 Å². The maximum absolute atomic E-state index is 14.2. The summed E-state index contributed by atoms with van der Waals surface area (Å²) in [4.78, 5) is 36.2. The molecular formula is C25H30F5N5O3S. The summed E-state index contributed by atoms with van der Waals surface area (Å²) < 4.78 is 68.2. The fourth-order valence-corrected chi connectivity index (χ4v) is 5.96. The summed E-state index contributed by atoms with van der Waals surface area (Å²) >= 11 is 0.728. The van der Waals surface area contributed by atoms with E-state index >= 15 is 0 Å². The maximum atomic E-state index is 14.2. The van der Waals surface area contributed by atoms with Gasteiger partial charge in [-0.05, 0) is 51.5 Å². The lowest BCUT2D eigenvalue weighted by molar-refractivity contribution is -0.142. The largest absolute Gasteiger partial charge is 0.408 e. The molecule has 3 heterocycles. The molecular weight excluding hydrogens is 545 g/mol. The standard InChI is InChI=1S/C25H30F5N5O3S/c1-3-17(25(28,29)30)33-18-10-13(21(26)27)14(11-31-18)20-19(24(38)35-9-5-6-12(35)2)34-23(39-20)22(37)32-15-7-4-8-16(15)36/h10-12,15-17,21,36H,3-9H2,1-2H3,(H,31,33)(H,32,37)/t12-,15-,16+,17-/m0/s1. The molecule has 0 radical (unpaired) electrons. The molecule has 3 N–H and O–H groups in total. The highest BCUT2D eigenvalue weighted by Crippen LogP contribution is 2.39. The molecule has 1 aliphatic heterocycles. The molecule has 2 fully saturated rings. The zero-order chi connectivity index (χ0) is 28.5. The van der Waals surface area contributed by atoms with Crippen molar-refractivity contribution < 1.29 is 36.6 Å². The maximum Gasteiger partial charge on any atom is 0.408 e. The fraction of sp³-hybridized carbons (Fsp3) is 0.600. The number of likely N-dealkylation sites (tertiary alicyclic amines) is 1. The van der Waals surface area contributed by atoms with Crippen molar-refractivity contribution in [3.05, 3.63) is 28.5 Å². The number of nitrogens with one attached hydrogen (secondary N) is 2. The second-order valence-corrected chi connectivity index (χ2v) is 10.9. The van der Waals surface area contributed by atoms with Gasteiger partial charge in [0.25, 0.3) is 18.2 Å². The summed E-state index contributed by atoms with van der Waals surface area (Å²) in [5.74, 6) is -1.57. The molecule has 0 bridgehead atoms. The molecule has 2 aromatic rings. The monoisotopic (exact) mass is 575 g/mol. The summed E-state index contributed by atoms with van der Waals surface area (Å²) in [7, 11) is 0. The van der Waals surface area contributed by atoms with Gasteiger partial charge in [0.2, 0.25) is 0 Å². The van der Waals surface area contributed by atoms with E-state index in [1.807, 2.05) is 6.92 Å². The van der Waals surface area contributed by atoms with Gasteiger partial charge in [0.15, 0.2) is 5.01 Å². The summed E-state index contributed by atoms with van der Waals surface area (Å²) in [6.45, 7) is 3.59. The molecule has 39 heavy (non-hydrogen) atoms. The lowest BCUT2D eigenvalue weighted by Gasteiger charge is -2.22. The second-order valence-electron chi connectivity index (χ2n) is 9.87. The minimum atomic E-state index is -4.61. The van der Waals surface area contributed by atoms with E-state index in [9.17, 15) is 36.6 Å². The van der Waals surface area contributed by atoms with Crippen molar-refractivity contribution in [2.45, 2.75) is 89.2 Å². The SMILES string of the molecule is CC[C@H](Nc1cc(C(F)F)c(-c2sc(C(=O)N[C@H]3CCC[C@H]3O)nc2C(=O)N2CCC[C@@H]2C)cn1)C(F)(F)F. The first-order valence-corrected chi connectivity index (χ1v) is 13.6. The first-order valence-electron chi connectivity index (χ1n) is 12.8. The number of carbonyl (C=O) groups excluding carboxylic acids is 2. The topological polar surface area (TPSA) is 107 Å². The number of nitrogens with zero attached hydrogens (tertiary/aromatic N) is 3. The number of aliphatic hydroxyl groups is 1. The Kier molecular flexibility index (Phi) is 8.74. The number of thiazole rings is 1. The van der Waals surface area contributed by atoms with Gasteiger partial charge in [-0.1, -0.05) is 6.92 Å². The van der Waals surface area contributed by atoms with Crippen LogP contribution in [0.3, 0.4) is 0 Å². The third-order valence-corrected chi connectivity index (χ3v) is 8.26. The average Bonchev–Trinajstić information content (AvgIpc) is 3.61. The third kappa shape index (κ3) is 6.32. The second kappa shape index (κ2) is 11.7. The number of anilines is 1. The predicted molar refractivity (Wildman–Crippen MR) is 135 cm³/mol. The van der Waals surface area contributed by atoms with Crippen LogP contribution in [0, 0.1) is 0 Å². The molecule has 0 aromatic carbocycles. The molecule has 2 amide bonds. The van der Waals surface area contributed by atoms with Crippen molar-refractivity contribution >= 4 is 29.0 Å². The van der Waals surface area contributed by atoms with Gasteiger partial charge >= 0.3 is 6.18 Å². The molecule has 2 aromatic heterocycles. The molecule has 1 saturated heterocycles. The Morgan fingerprint density at radius 2 is 1.97 bits per heavy atom. The van der Waals surface area contributed by atoms with E-state index in [4.69, 9.17) is 0 Å². The molecule has 1 saturated carbocycles. The minimum absolute atomic E-state index is 0.0200. The van der Waals surface area contributed by atoms with E-state index in [1.54, 1.807) is 4.90 Å². The Bertz CT molecular complexity index is 1210. The van der Waals surface area contributed by atoms with Gasteiger partial charge in [-0.2, -0.15) is 13.2 Å². The summed E-state index contributed by atoms with van der Waals surface area (Å²) in [6, 6.07) is -1.77. The van der Waals surface area contributed by atoms with Gasteiger partial charge in [0.1, 0.15) is 17.6 Å². The number of alkyl halides is 5. The van der Waals surface area contributed by atoms with Gasteiger partial charge in [-0.15, -0.1) is 11.3 Å². The third-order valence-electron chi connectivity index (χ3n) is 7.17. The Labute approximate surface area is 226 Å². The Hall–Kier alpha value is -2.87. The van der Waals surface area contributed by atoms with Crippen LogP contribution in [0.2, 0.25) is 0 Å². The smallest absolute Gasteiger partial charge is 0.391 e. The Morgan fingerprint density at radius 1 is 1.23 bits per heavy atom. The Morgan fingerprint density at radius 3 is 2.54 bits per heavy atom. The summed E-state index contributed by atoms with van der Waals surface area (Å²) in [6.07, 6.45) is -4.49. The van der Waals surface area contributed by atoms with Gasteiger partial charge in [-0.3, -0.25) is 9.59 Å². The van der Waals surface area contributed by atoms with Crippen LogP contribution in [0.15, 0.2) is 12.3 Å². The van der Waals surface area contributed by atoms with Crippen LogP contribution in [-0.4, -0.2) is 68.7 Å². The number of rotatable bonds is 8. The average molecular weight is 576 g/mol. The number of aromatic nitrogens is 2. The van der Waals surface area contributed by atoms with Gasteiger partial charge in [0, 0.05) is 29.9 Å². The number of pyridine rings is 1. The number of hydrogen-bond acceptors (Lipinski definition) is 7. The van der Waals surface area contributed by atoms with Crippen LogP contribution in [0.1, 0.15) is 84.7 Å². The van der Waals surface area contributed by atoms with E-state index < -0.39 is 54.0 Å². The predicted octanol–water partition coefficient (Wildman–Crippen LogP) is 5.16. The van der Waals surface area contributed by atoms with Crippen molar-refractivity contribution in [1.82, 2.24) is 20.2 Å². The van der Waals surface area contributed by atoms with Gasteiger partial charge < -0.3 is 20.6 Å². The van der Waals surface area contributed by atoms with E-state index in [-0.39, 0.29) is 33.6 Å². The number of hydrogen-bond donors (Lipinski definition) is 3. The highest BCUT2D eigenvalue weighted by molar-refractivity contribution is 7.17. The number of aliphatic hydroxyl groups excluding tert-OH is 1. The normalized spacial score (nSPS) is 22.4. The highest BCUT2D eigenvalue weighted by Gasteiger charge is 2.39. The van der Waals surface area contributed by atoms with Crippen LogP contribution in [-0.2, 0) is 0 Å². The lowest BCUT2D eigenvalue weighted by atomic mass is 10.1. The van der Waals surface area contributed by atoms with Crippen LogP contribution >= 0.6 is 11.3 Å². The minimum Gasteiger partial charge on any atom is -0.391 e. The van der Waals surface area contributed by atoms with E-state index in [0.717, 1.165) is 42.9 Å².